The predicted octanol–water partition coefficient (Wildman–Crippen LogP) is 2.60. The average Bonchev–Trinajstić information content (AvgIpc) is 2.34. The van der Waals surface area contributed by atoms with Crippen LogP contribution in [-0.4, -0.2) is 17.3 Å². The number of fused-ring (bicyclic) bond motifs is 1. The van der Waals surface area contributed by atoms with Crippen molar-refractivity contribution in [1.82, 2.24) is 0 Å². The molecule has 2 rings (SSSR count). The lowest BCUT2D eigenvalue weighted by Crippen LogP contribution is -2.38. The SMILES string of the molecule is CC1=Cc2ccccc2[C@@](C)(CC[N+](=O)[O-])C1=O. The van der Waals surface area contributed by atoms with Crippen LogP contribution >= 0.6 is 0 Å². The van der Waals surface area contributed by atoms with Gasteiger partial charge in [-0.1, -0.05) is 24.3 Å². The van der Waals surface area contributed by atoms with Gasteiger partial charge in [0.15, 0.2) is 5.78 Å². The number of Topliss-reactive ketones (excluding diaryl/α,β-unsaturated/α-hetero) is 1. The molecule has 4 nitrogen and oxygen atoms in total. The molecule has 94 valence electrons. The van der Waals surface area contributed by atoms with E-state index in [1.54, 1.807) is 13.8 Å². The maximum absolute atomic E-state index is 12.3. The van der Waals surface area contributed by atoms with Crippen LogP contribution in [0.4, 0.5) is 0 Å². The fraction of sp³-hybridized carbons (Fsp3) is 0.357. The maximum Gasteiger partial charge on any atom is 0.205 e. The van der Waals surface area contributed by atoms with Gasteiger partial charge in [-0.25, -0.2) is 0 Å². The molecule has 0 aliphatic heterocycles. The Morgan fingerprint density at radius 3 is 2.67 bits per heavy atom. The van der Waals surface area contributed by atoms with Crippen molar-refractivity contribution < 1.29 is 9.72 Å². The second-order valence-electron chi connectivity index (χ2n) is 4.88. The molecule has 0 bridgehead atoms. The van der Waals surface area contributed by atoms with Crippen molar-refractivity contribution in [3.8, 4) is 0 Å². The molecular weight excluding hydrogens is 230 g/mol. The Morgan fingerprint density at radius 1 is 1.33 bits per heavy atom. The number of rotatable bonds is 3. The average molecular weight is 245 g/mol. The fourth-order valence-electron chi connectivity index (χ4n) is 2.54. The lowest BCUT2D eigenvalue weighted by molar-refractivity contribution is -0.481. The van der Waals surface area contributed by atoms with Crippen LogP contribution in [0.15, 0.2) is 29.8 Å². The summed E-state index contributed by atoms with van der Waals surface area (Å²) in [5.74, 6) is -0.0111. The van der Waals surface area contributed by atoms with Gasteiger partial charge in [0.1, 0.15) is 0 Å². The third kappa shape index (κ3) is 1.94. The summed E-state index contributed by atoms with van der Waals surface area (Å²) in [6.07, 6.45) is 2.09. The molecule has 0 amide bonds. The van der Waals surface area contributed by atoms with E-state index in [9.17, 15) is 14.9 Å². The summed E-state index contributed by atoms with van der Waals surface area (Å²) < 4.78 is 0. The summed E-state index contributed by atoms with van der Waals surface area (Å²) in [5, 5.41) is 10.6. The van der Waals surface area contributed by atoms with Crippen LogP contribution in [-0.2, 0) is 10.2 Å². The van der Waals surface area contributed by atoms with E-state index in [2.05, 4.69) is 0 Å². The van der Waals surface area contributed by atoms with Crippen LogP contribution in [0.3, 0.4) is 0 Å². The van der Waals surface area contributed by atoms with Gasteiger partial charge in [-0.2, -0.15) is 0 Å². The molecule has 1 aromatic rings. The Bertz CT molecular complexity index is 548. The van der Waals surface area contributed by atoms with Crippen LogP contribution in [0, 0.1) is 10.1 Å². The van der Waals surface area contributed by atoms with Crippen LogP contribution in [0.5, 0.6) is 0 Å². The molecule has 0 saturated heterocycles. The molecule has 1 aliphatic carbocycles. The minimum absolute atomic E-state index is 0.0111. The summed E-state index contributed by atoms with van der Waals surface area (Å²) in [7, 11) is 0. The summed E-state index contributed by atoms with van der Waals surface area (Å²) in [6.45, 7) is 3.38. The lowest BCUT2D eigenvalue weighted by atomic mass is 9.69. The zero-order valence-corrected chi connectivity index (χ0v) is 10.5. The molecule has 0 fully saturated rings. The quantitative estimate of drug-likeness (QED) is 0.607. The van der Waals surface area contributed by atoms with Crippen LogP contribution in [0.25, 0.3) is 6.08 Å². The molecule has 0 radical (unpaired) electrons. The molecule has 18 heavy (non-hydrogen) atoms. The molecule has 0 spiro atoms. The molecular formula is C14H15NO3. The highest BCUT2D eigenvalue weighted by atomic mass is 16.6. The zero-order valence-electron chi connectivity index (χ0n) is 10.5. The Labute approximate surface area is 105 Å². The van der Waals surface area contributed by atoms with E-state index in [-0.39, 0.29) is 23.7 Å². The van der Waals surface area contributed by atoms with E-state index in [0.29, 0.717) is 5.57 Å². The number of allylic oxidation sites excluding steroid dienone is 1. The van der Waals surface area contributed by atoms with Crippen LogP contribution in [0.2, 0.25) is 0 Å². The van der Waals surface area contributed by atoms with Gasteiger partial charge in [-0.3, -0.25) is 14.9 Å². The number of nitro groups is 1. The van der Waals surface area contributed by atoms with Crippen molar-refractivity contribution in [3.63, 3.8) is 0 Å². The van der Waals surface area contributed by atoms with Gasteiger partial charge in [0, 0.05) is 11.3 Å². The standard InChI is InChI=1S/C14H15NO3/c1-10-9-11-5-3-4-6-12(11)14(2,13(10)16)7-8-15(17)18/h3-6,9H,7-8H2,1-2H3/t14-/m1/s1. The van der Waals surface area contributed by atoms with E-state index >= 15 is 0 Å². The lowest BCUT2D eigenvalue weighted by Gasteiger charge is -2.32. The predicted molar refractivity (Wildman–Crippen MR) is 68.9 cm³/mol. The minimum atomic E-state index is -0.775. The summed E-state index contributed by atoms with van der Waals surface area (Å²) in [6, 6.07) is 7.60. The van der Waals surface area contributed by atoms with Crippen molar-refractivity contribution in [1.29, 1.82) is 0 Å². The van der Waals surface area contributed by atoms with Crippen molar-refractivity contribution in [2.75, 3.05) is 6.54 Å². The highest BCUT2D eigenvalue weighted by Gasteiger charge is 2.40. The smallest absolute Gasteiger partial charge is 0.205 e. The molecule has 1 atom stereocenters. The number of carbonyl (C=O) groups excluding carboxylic acids is 1. The third-order valence-electron chi connectivity index (χ3n) is 3.58. The normalized spacial score (nSPS) is 22.3. The largest absolute Gasteiger partial charge is 0.294 e. The van der Waals surface area contributed by atoms with Gasteiger partial charge >= 0.3 is 0 Å². The second-order valence-corrected chi connectivity index (χ2v) is 4.88. The van der Waals surface area contributed by atoms with Gasteiger partial charge < -0.3 is 0 Å². The zero-order chi connectivity index (χ0) is 13.3. The monoisotopic (exact) mass is 245 g/mol. The third-order valence-corrected chi connectivity index (χ3v) is 3.58. The van der Waals surface area contributed by atoms with Crippen molar-refractivity contribution in [3.05, 3.63) is 51.1 Å². The first-order chi connectivity index (χ1) is 8.45. The topological polar surface area (TPSA) is 60.2 Å². The van der Waals surface area contributed by atoms with E-state index in [4.69, 9.17) is 0 Å². The number of hydrogen-bond donors (Lipinski definition) is 0. The Balaban J connectivity index is 2.48. The van der Waals surface area contributed by atoms with E-state index < -0.39 is 5.41 Å². The van der Waals surface area contributed by atoms with Crippen molar-refractivity contribution in [2.45, 2.75) is 25.7 Å². The minimum Gasteiger partial charge on any atom is -0.294 e. The van der Waals surface area contributed by atoms with Gasteiger partial charge in [-0.05, 0) is 36.6 Å². The number of benzene rings is 1. The highest BCUT2D eigenvalue weighted by Crippen LogP contribution is 2.38. The molecule has 1 aromatic carbocycles. The van der Waals surface area contributed by atoms with Crippen LogP contribution < -0.4 is 0 Å². The molecule has 0 unspecified atom stereocenters. The Kier molecular flexibility index (Phi) is 3.03. The number of hydrogen-bond acceptors (Lipinski definition) is 3. The first-order valence-electron chi connectivity index (χ1n) is 5.89. The first kappa shape index (κ1) is 12.5. The number of nitrogens with zero attached hydrogens (tertiary/aromatic N) is 1. The summed E-state index contributed by atoms with van der Waals surface area (Å²) in [4.78, 5) is 22.5. The molecule has 1 aliphatic rings. The van der Waals surface area contributed by atoms with Crippen LogP contribution in [0.1, 0.15) is 31.4 Å². The van der Waals surface area contributed by atoms with Crippen molar-refractivity contribution >= 4 is 11.9 Å². The maximum atomic E-state index is 12.3. The molecule has 0 N–H and O–H groups in total. The fourth-order valence-corrected chi connectivity index (χ4v) is 2.54. The van der Waals surface area contributed by atoms with Crippen molar-refractivity contribution in [2.24, 2.45) is 0 Å². The van der Waals surface area contributed by atoms with E-state index in [1.807, 2.05) is 30.3 Å². The molecule has 0 aromatic heterocycles. The van der Waals surface area contributed by atoms with Gasteiger partial charge in [0.25, 0.3) is 0 Å². The van der Waals surface area contributed by atoms with Gasteiger partial charge in [0.05, 0.1) is 5.41 Å². The van der Waals surface area contributed by atoms with E-state index in [1.165, 1.54) is 0 Å². The number of ketones is 1. The van der Waals surface area contributed by atoms with Gasteiger partial charge in [-0.15, -0.1) is 0 Å². The second kappa shape index (κ2) is 4.37. The summed E-state index contributed by atoms with van der Waals surface area (Å²) >= 11 is 0. The summed E-state index contributed by atoms with van der Waals surface area (Å²) in [5.41, 5.74) is 1.77. The molecule has 0 heterocycles. The highest BCUT2D eigenvalue weighted by molar-refractivity contribution is 6.08. The van der Waals surface area contributed by atoms with E-state index in [0.717, 1.165) is 11.1 Å². The molecule has 0 saturated carbocycles. The Morgan fingerprint density at radius 2 is 2.00 bits per heavy atom. The first-order valence-corrected chi connectivity index (χ1v) is 5.89. The Hall–Kier alpha value is -1.97. The molecule has 4 heteroatoms. The number of carbonyl (C=O) groups is 1. The van der Waals surface area contributed by atoms with Gasteiger partial charge in [0.2, 0.25) is 6.54 Å².